The average Bonchev–Trinajstić information content (AvgIpc) is 2.90. The van der Waals surface area contributed by atoms with E-state index in [-0.39, 0.29) is 24.1 Å². The Hall–Kier alpha value is -2.47. The van der Waals surface area contributed by atoms with Crippen LogP contribution in [0.4, 0.5) is 0 Å². The lowest BCUT2D eigenvalue weighted by Gasteiger charge is -2.31. The van der Waals surface area contributed by atoms with Crippen molar-refractivity contribution in [3.63, 3.8) is 0 Å². The summed E-state index contributed by atoms with van der Waals surface area (Å²) in [5.74, 6) is 0.764. The van der Waals surface area contributed by atoms with Gasteiger partial charge >= 0.3 is 0 Å². The van der Waals surface area contributed by atoms with Crippen LogP contribution in [0.15, 0.2) is 72.8 Å². The molecule has 0 aromatic heterocycles. The number of rotatable bonds is 13. The standard InChI is InChI=1S/C30H34Cl2N2O2S/c1-3-4-16-33-30(36)28(18-23-11-6-5-7-12-23)34(19-24-14-15-26(31)27(32)17-24)29(35)21-37-20-25-13-9-8-10-22(25)2/h5-15,17,28H,3-4,16,18-21H2,1-2H3,(H,33,36)/t28-/m1/s1. The van der Waals surface area contributed by atoms with E-state index in [1.807, 2.05) is 48.5 Å². The molecule has 0 spiro atoms. The molecule has 37 heavy (non-hydrogen) atoms. The van der Waals surface area contributed by atoms with Gasteiger partial charge in [0.05, 0.1) is 15.8 Å². The molecule has 7 heteroatoms. The Morgan fingerprint density at radius 1 is 0.946 bits per heavy atom. The van der Waals surface area contributed by atoms with E-state index in [0.29, 0.717) is 23.0 Å². The first kappa shape index (κ1) is 29.1. The molecular formula is C30H34Cl2N2O2S. The van der Waals surface area contributed by atoms with E-state index < -0.39 is 6.04 Å². The third-order valence-electron chi connectivity index (χ3n) is 6.18. The van der Waals surface area contributed by atoms with Crippen molar-refractivity contribution >= 4 is 46.8 Å². The fourth-order valence-corrected chi connectivity index (χ4v) is 5.31. The van der Waals surface area contributed by atoms with Crippen molar-refractivity contribution in [3.8, 4) is 0 Å². The summed E-state index contributed by atoms with van der Waals surface area (Å²) in [4.78, 5) is 28.9. The molecule has 1 atom stereocenters. The van der Waals surface area contributed by atoms with Gasteiger partial charge in [0, 0.05) is 25.3 Å². The second kappa shape index (κ2) is 15.1. The third kappa shape index (κ3) is 9.10. The van der Waals surface area contributed by atoms with Crippen LogP contribution in [-0.4, -0.2) is 35.1 Å². The highest BCUT2D eigenvalue weighted by Gasteiger charge is 2.30. The Balaban J connectivity index is 1.86. The zero-order valence-electron chi connectivity index (χ0n) is 21.4. The lowest BCUT2D eigenvalue weighted by molar-refractivity contribution is -0.139. The summed E-state index contributed by atoms with van der Waals surface area (Å²) < 4.78 is 0. The van der Waals surface area contributed by atoms with E-state index in [2.05, 4.69) is 31.3 Å². The molecule has 2 amide bonds. The monoisotopic (exact) mass is 556 g/mol. The number of carbonyl (C=O) groups is 2. The average molecular weight is 558 g/mol. The topological polar surface area (TPSA) is 49.4 Å². The molecule has 0 saturated carbocycles. The molecule has 0 unspecified atom stereocenters. The molecule has 3 aromatic carbocycles. The summed E-state index contributed by atoms with van der Waals surface area (Å²) in [5.41, 5.74) is 4.23. The number of hydrogen-bond acceptors (Lipinski definition) is 3. The number of nitrogens with zero attached hydrogens (tertiary/aromatic N) is 1. The van der Waals surface area contributed by atoms with Crippen LogP contribution in [0.2, 0.25) is 10.0 Å². The Labute approximate surface area is 234 Å². The number of halogens is 2. The Morgan fingerprint density at radius 3 is 2.38 bits per heavy atom. The van der Waals surface area contributed by atoms with Crippen LogP contribution < -0.4 is 5.32 Å². The highest BCUT2D eigenvalue weighted by Crippen LogP contribution is 2.25. The van der Waals surface area contributed by atoms with Crippen molar-refractivity contribution in [1.29, 1.82) is 0 Å². The lowest BCUT2D eigenvalue weighted by atomic mass is 10.0. The van der Waals surface area contributed by atoms with Crippen LogP contribution in [0, 0.1) is 6.92 Å². The van der Waals surface area contributed by atoms with E-state index in [1.165, 1.54) is 11.1 Å². The minimum atomic E-state index is -0.653. The molecule has 0 radical (unpaired) electrons. The van der Waals surface area contributed by atoms with Crippen molar-refractivity contribution in [2.45, 2.75) is 51.4 Å². The number of nitrogens with one attached hydrogen (secondary N) is 1. The lowest BCUT2D eigenvalue weighted by Crippen LogP contribution is -2.51. The van der Waals surface area contributed by atoms with Gasteiger partial charge in [0.15, 0.2) is 0 Å². The Bertz CT molecular complexity index is 1170. The van der Waals surface area contributed by atoms with Crippen LogP contribution in [0.3, 0.4) is 0 Å². The molecule has 3 aromatic rings. The van der Waals surface area contributed by atoms with Gasteiger partial charge in [-0.2, -0.15) is 0 Å². The van der Waals surface area contributed by atoms with Gasteiger partial charge in [-0.1, -0.05) is 97.2 Å². The second-order valence-corrected chi connectivity index (χ2v) is 10.8. The number of aryl methyl sites for hydroxylation is 1. The SMILES string of the molecule is CCCCNC(=O)[C@@H](Cc1ccccc1)N(Cc1ccc(Cl)c(Cl)c1)C(=O)CSCc1ccccc1C. The number of amides is 2. The van der Waals surface area contributed by atoms with E-state index >= 15 is 0 Å². The zero-order valence-corrected chi connectivity index (χ0v) is 23.7. The van der Waals surface area contributed by atoms with Crippen molar-refractivity contribution in [2.75, 3.05) is 12.3 Å². The maximum Gasteiger partial charge on any atom is 0.243 e. The number of unbranched alkanes of at least 4 members (excludes halogenated alkanes) is 1. The molecule has 1 N–H and O–H groups in total. The first-order valence-electron chi connectivity index (χ1n) is 12.6. The van der Waals surface area contributed by atoms with Crippen LogP contribution in [0.5, 0.6) is 0 Å². The molecule has 4 nitrogen and oxygen atoms in total. The van der Waals surface area contributed by atoms with E-state index in [0.717, 1.165) is 29.7 Å². The van der Waals surface area contributed by atoms with Crippen molar-refractivity contribution in [1.82, 2.24) is 10.2 Å². The molecule has 0 fully saturated rings. The minimum absolute atomic E-state index is 0.0868. The largest absolute Gasteiger partial charge is 0.354 e. The smallest absolute Gasteiger partial charge is 0.243 e. The quantitative estimate of drug-likeness (QED) is 0.228. The first-order valence-corrected chi connectivity index (χ1v) is 14.5. The van der Waals surface area contributed by atoms with Crippen LogP contribution in [0.25, 0.3) is 0 Å². The van der Waals surface area contributed by atoms with Gasteiger partial charge < -0.3 is 10.2 Å². The second-order valence-electron chi connectivity index (χ2n) is 9.04. The Kier molecular flexibility index (Phi) is 11.8. The zero-order chi connectivity index (χ0) is 26.6. The van der Waals surface area contributed by atoms with Crippen molar-refractivity contribution < 1.29 is 9.59 Å². The van der Waals surface area contributed by atoms with Crippen molar-refractivity contribution in [3.05, 3.63) is 105 Å². The number of carbonyl (C=O) groups excluding carboxylic acids is 2. The van der Waals surface area contributed by atoms with Crippen LogP contribution >= 0.6 is 35.0 Å². The molecule has 3 rings (SSSR count). The van der Waals surface area contributed by atoms with Gasteiger partial charge in [-0.3, -0.25) is 9.59 Å². The Morgan fingerprint density at radius 2 is 1.68 bits per heavy atom. The molecule has 196 valence electrons. The number of hydrogen-bond donors (Lipinski definition) is 1. The van der Waals surface area contributed by atoms with Crippen molar-refractivity contribution in [2.24, 2.45) is 0 Å². The van der Waals surface area contributed by atoms with Gasteiger partial charge in [0.1, 0.15) is 6.04 Å². The molecule has 0 bridgehead atoms. The molecule has 0 saturated heterocycles. The summed E-state index contributed by atoms with van der Waals surface area (Å²) in [5, 5.41) is 3.93. The molecule has 0 aliphatic heterocycles. The maximum atomic E-state index is 13.7. The highest BCUT2D eigenvalue weighted by molar-refractivity contribution is 7.99. The fraction of sp³-hybridized carbons (Fsp3) is 0.333. The maximum absolute atomic E-state index is 13.7. The summed E-state index contributed by atoms with van der Waals surface area (Å²) >= 11 is 14.0. The molecule has 0 heterocycles. The molecule has 0 aliphatic rings. The number of benzene rings is 3. The van der Waals surface area contributed by atoms with Gasteiger partial charge in [-0.15, -0.1) is 11.8 Å². The number of thioether (sulfide) groups is 1. The third-order valence-corrected chi connectivity index (χ3v) is 7.89. The summed E-state index contributed by atoms with van der Waals surface area (Å²) in [6.07, 6.45) is 2.29. The predicted octanol–water partition coefficient (Wildman–Crippen LogP) is 7.09. The van der Waals surface area contributed by atoms with Gasteiger partial charge in [-0.05, 0) is 47.7 Å². The van der Waals surface area contributed by atoms with Gasteiger partial charge in [0.2, 0.25) is 11.8 Å². The summed E-state index contributed by atoms with van der Waals surface area (Å²) in [7, 11) is 0. The van der Waals surface area contributed by atoms with Gasteiger partial charge in [-0.25, -0.2) is 0 Å². The van der Waals surface area contributed by atoms with Gasteiger partial charge in [0.25, 0.3) is 0 Å². The first-order chi connectivity index (χ1) is 17.9. The highest BCUT2D eigenvalue weighted by atomic mass is 35.5. The van der Waals surface area contributed by atoms with E-state index in [1.54, 1.807) is 28.8 Å². The molecule has 0 aliphatic carbocycles. The normalized spacial score (nSPS) is 11.7. The molecular weight excluding hydrogens is 523 g/mol. The van der Waals surface area contributed by atoms with Crippen LogP contribution in [-0.2, 0) is 28.3 Å². The summed E-state index contributed by atoms with van der Waals surface area (Å²) in [6, 6.07) is 22.7. The van der Waals surface area contributed by atoms with E-state index in [4.69, 9.17) is 23.2 Å². The fourth-order valence-electron chi connectivity index (χ4n) is 4.00. The summed E-state index contributed by atoms with van der Waals surface area (Å²) in [6.45, 7) is 5.00. The van der Waals surface area contributed by atoms with E-state index in [9.17, 15) is 9.59 Å². The van der Waals surface area contributed by atoms with Crippen LogP contribution in [0.1, 0.15) is 42.0 Å². The minimum Gasteiger partial charge on any atom is -0.354 e. The predicted molar refractivity (Wildman–Crippen MR) is 156 cm³/mol.